The Morgan fingerprint density at radius 1 is 0.644 bits per heavy atom. The Balaban J connectivity index is 0.000000346. The lowest BCUT2D eigenvalue weighted by molar-refractivity contribution is -0.138. The first-order valence-electron chi connectivity index (χ1n) is 14.1. The van der Waals surface area contributed by atoms with E-state index >= 15 is 0 Å². The fraction of sp³-hybridized carbons (Fsp3) is 0.250. The van der Waals surface area contributed by atoms with Gasteiger partial charge in [-0.3, -0.25) is 4.79 Å². The van der Waals surface area contributed by atoms with Crippen molar-refractivity contribution in [3.8, 4) is 23.0 Å². The highest BCUT2D eigenvalue weighted by Gasteiger charge is 1.99. The van der Waals surface area contributed by atoms with Gasteiger partial charge in [-0.1, -0.05) is 37.9 Å². The van der Waals surface area contributed by atoms with Crippen LogP contribution in [0, 0.1) is 6.92 Å². The first-order chi connectivity index (χ1) is 21.8. The van der Waals surface area contributed by atoms with Gasteiger partial charge in [-0.25, -0.2) is 9.59 Å². The first kappa shape index (κ1) is 37.7. The number of hydrogen-bond acceptors (Lipinski definition) is 9. The Hall–Kier alpha value is -5.31. The highest BCUT2D eigenvalue weighted by molar-refractivity contribution is 5.81. The molecule has 0 aromatic heterocycles. The average Bonchev–Trinajstić information content (AvgIpc) is 3.08. The molecule has 0 spiro atoms. The van der Waals surface area contributed by atoms with Crippen LogP contribution in [-0.2, 0) is 19.1 Å². The van der Waals surface area contributed by atoms with Crippen molar-refractivity contribution in [1.29, 1.82) is 0 Å². The second-order valence-corrected chi connectivity index (χ2v) is 8.94. The van der Waals surface area contributed by atoms with E-state index < -0.39 is 11.9 Å². The topological polar surface area (TPSA) is 107 Å². The van der Waals surface area contributed by atoms with Gasteiger partial charge in [-0.2, -0.15) is 0 Å². The fourth-order valence-corrected chi connectivity index (χ4v) is 3.28. The van der Waals surface area contributed by atoms with E-state index in [2.05, 4.69) is 19.7 Å². The summed E-state index contributed by atoms with van der Waals surface area (Å²) in [7, 11) is 3.32. The molecule has 0 atom stereocenters. The molecule has 0 unspecified atom stereocenters. The number of benzene rings is 3. The van der Waals surface area contributed by atoms with Crippen LogP contribution in [0.5, 0.6) is 23.0 Å². The van der Waals surface area contributed by atoms with Crippen LogP contribution in [0.25, 0.3) is 6.08 Å². The minimum Gasteiger partial charge on any atom is -0.497 e. The minimum absolute atomic E-state index is 0.303. The van der Waals surface area contributed by atoms with Crippen LogP contribution in [0.3, 0.4) is 0 Å². The molecular formula is C36H42O9. The van der Waals surface area contributed by atoms with Crippen LogP contribution in [0.15, 0.2) is 98.6 Å². The van der Waals surface area contributed by atoms with E-state index in [9.17, 15) is 14.4 Å². The summed E-state index contributed by atoms with van der Waals surface area (Å²) in [6, 6.07) is 20.2. The Morgan fingerprint density at radius 2 is 1.11 bits per heavy atom. The summed E-state index contributed by atoms with van der Waals surface area (Å²) in [6.45, 7) is 13.9. The highest BCUT2D eigenvalue weighted by atomic mass is 16.5. The first-order valence-corrected chi connectivity index (χ1v) is 14.1. The zero-order valence-corrected chi connectivity index (χ0v) is 26.2. The third-order valence-corrected chi connectivity index (χ3v) is 5.67. The van der Waals surface area contributed by atoms with Crippen LogP contribution in [0.4, 0.5) is 0 Å². The molecule has 9 nitrogen and oxygen atoms in total. The van der Waals surface area contributed by atoms with E-state index in [0.717, 1.165) is 46.8 Å². The summed E-state index contributed by atoms with van der Waals surface area (Å²) in [6.07, 6.45) is 6.09. The lowest BCUT2D eigenvalue weighted by Gasteiger charge is -2.06. The van der Waals surface area contributed by atoms with E-state index in [1.165, 1.54) is 0 Å². The molecule has 3 aromatic carbocycles. The second kappa shape index (κ2) is 23.2. The van der Waals surface area contributed by atoms with Crippen molar-refractivity contribution in [2.75, 3.05) is 40.6 Å². The Labute approximate surface area is 265 Å². The summed E-state index contributed by atoms with van der Waals surface area (Å²) in [4.78, 5) is 31.8. The maximum Gasteiger partial charge on any atom is 0.330 e. The molecule has 0 N–H and O–H groups in total. The van der Waals surface area contributed by atoms with Gasteiger partial charge in [0, 0.05) is 30.6 Å². The number of carbonyl (C=O) groups excluding carboxylic acids is 3. The second-order valence-electron chi connectivity index (χ2n) is 8.94. The van der Waals surface area contributed by atoms with Gasteiger partial charge in [-0.05, 0) is 72.6 Å². The number of ether oxygens (including phenoxy) is 6. The van der Waals surface area contributed by atoms with Gasteiger partial charge in [0.2, 0.25) is 0 Å². The van der Waals surface area contributed by atoms with Crippen molar-refractivity contribution < 1.29 is 42.8 Å². The van der Waals surface area contributed by atoms with Gasteiger partial charge in [-0.15, -0.1) is 0 Å². The van der Waals surface area contributed by atoms with Crippen molar-refractivity contribution in [2.45, 2.75) is 19.8 Å². The molecule has 9 heteroatoms. The molecule has 0 aliphatic rings. The number of carbonyl (C=O) groups is 3. The summed E-state index contributed by atoms with van der Waals surface area (Å²) in [5, 5.41) is 0. The van der Waals surface area contributed by atoms with Crippen LogP contribution in [0.1, 0.15) is 34.3 Å². The fourth-order valence-electron chi connectivity index (χ4n) is 3.28. The number of rotatable bonds is 16. The number of hydrogen-bond donors (Lipinski definition) is 0. The third-order valence-electron chi connectivity index (χ3n) is 5.67. The molecule has 0 radical (unpaired) electrons. The number of esters is 2. The normalized spacial score (nSPS) is 9.40. The largest absolute Gasteiger partial charge is 0.497 e. The summed E-state index contributed by atoms with van der Waals surface area (Å²) in [5.41, 5.74) is 2.75. The molecule has 0 aliphatic heterocycles. The van der Waals surface area contributed by atoms with Crippen molar-refractivity contribution in [3.05, 3.63) is 115 Å². The van der Waals surface area contributed by atoms with Gasteiger partial charge in [0.15, 0.2) is 0 Å². The quantitative estimate of drug-likeness (QED) is 0.0738. The van der Waals surface area contributed by atoms with Gasteiger partial charge in [0.25, 0.3) is 0 Å². The molecule has 3 aromatic rings. The summed E-state index contributed by atoms with van der Waals surface area (Å²) < 4.78 is 30.6. The van der Waals surface area contributed by atoms with Gasteiger partial charge < -0.3 is 28.4 Å². The van der Waals surface area contributed by atoms with E-state index in [1.54, 1.807) is 44.6 Å². The van der Waals surface area contributed by atoms with Gasteiger partial charge in [0.05, 0.1) is 40.6 Å². The molecule has 0 bridgehead atoms. The maximum absolute atomic E-state index is 10.7. The lowest BCUT2D eigenvalue weighted by atomic mass is 10.2. The molecule has 0 saturated carbocycles. The SMILES string of the molecule is C=CC(=O)OCCCOc1ccc(C=C)cc1.C=CC(=O)OCCCOc1ccc(C=O)cc1.COc1ccc(OC)c(C)c1. The molecule has 0 heterocycles. The van der Waals surface area contributed by atoms with E-state index in [0.29, 0.717) is 50.6 Å². The molecule has 0 aliphatic carbocycles. The molecule has 45 heavy (non-hydrogen) atoms. The number of aldehydes is 1. The minimum atomic E-state index is -0.430. The smallest absolute Gasteiger partial charge is 0.330 e. The average molecular weight is 619 g/mol. The standard InChI is InChI=1S/C14H16O3.C13H14O4.C9H12O2/c1-3-12-6-8-13(9-7-12)16-10-5-11-17-14(15)4-2;1-2-13(15)17-9-3-8-16-12-6-4-11(10-14)5-7-12;1-7-6-8(10-2)4-5-9(7)11-3/h3-4,6-9H,1-2,5,10-11H2;2,4-7,10H,1,3,8-9H2;4-6H,1-3H3. The van der Waals surface area contributed by atoms with Crippen molar-refractivity contribution in [3.63, 3.8) is 0 Å². The van der Waals surface area contributed by atoms with Crippen molar-refractivity contribution in [2.24, 2.45) is 0 Å². The van der Waals surface area contributed by atoms with Crippen LogP contribution in [0.2, 0.25) is 0 Å². The lowest BCUT2D eigenvalue weighted by Crippen LogP contribution is -2.06. The monoisotopic (exact) mass is 618 g/mol. The number of aryl methyl sites for hydroxylation is 1. The highest BCUT2D eigenvalue weighted by Crippen LogP contribution is 2.22. The summed E-state index contributed by atoms with van der Waals surface area (Å²) in [5.74, 6) is 2.41. The zero-order valence-electron chi connectivity index (χ0n) is 26.2. The van der Waals surface area contributed by atoms with Gasteiger partial charge in [0.1, 0.15) is 29.3 Å². The molecular weight excluding hydrogens is 576 g/mol. The molecule has 240 valence electrons. The zero-order chi connectivity index (χ0) is 33.3. The number of methoxy groups -OCH3 is 2. The van der Waals surface area contributed by atoms with E-state index in [4.69, 9.17) is 28.4 Å². The van der Waals surface area contributed by atoms with Crippen LogP contribution >= 0.6 is 0 Å². The molecule has 3 rings (SSSR count). The Kier molecular flexibility index (Phi) is 19.4. The predicted octanol–water partition coefficient (Wildman–Crippen LogP) is 6.84. The molecule has 0 amide bonds. The molecule has 0 fully saturated rings. The van der Waals surface area contributed by atoms with E-state index in [-0.39, 0.29) is 0 Å². The third kappa shape index (κ3) is 16.8. The van der Waals surface area contributed by atoms with Crippen molar-refractivity contribution in [1.82, 2.24) is 0 Å². The Morgan fingerprint density at radius 3 is 1.49 bits per heavy atom. The van der Waals surface area contributed by atoms with Crippen LogP contribution < -0.4 is 18.9 Å². The maximum atomic E-state index is 10.7. The molecule has 0 saturated heterocycles. The van der Waals surface area contributed by atoms with Gasteiger partial charge >= 0.3 is 11.9 Å². The van der Waals surface area contributed by atoms with Crippen LogP contribution in [-0.4, -0.2) is 58.9 Å². The van der Waals surface area contributed by atoms with Crippen molar-refractivity contribution >= 4 is 24.3 Å². The Bertz CT molecular complexity index is 1250. The predicted molar refractivity (Wildman–Crippen MR) is 175 cm³/mol. The summed E-state index contributed by atoms with van der Waals surface area (Å²) >= 11 is 0. The van der Waals surface area contributed by atoms with E-state index in [1.807, 2.05) is 49.4 Å².